The third-order valence-corrected chi connectivity index (χ3v) is 2.17. The number of pyridine rings is 1. The summed E-state index contributed by atoms with van der Waals surface area (Å²) in [5, 5.41) is 0.305. The summed E-state index contributed by atoms with van der Waals surface area (Å²) in [5.74, 6) is 0. The summed E-state index contributed by atoms with van der Waals surface area (Å²) in [4.78, 5) is 14.1. The summed E-state index contributed by atoms with van der Waals surface area (Å²) in [6, 6.07) is 5.13. The summed E-state index contributed by atoms with van der Waals surface area (Å²) in [5.41, 5.74) is -0.671. The van der Waals surface area contributed by atoms with Gasteiger partial charge in [0.05, 0.1) is 11.1 Å². The van der Waals surface area contributed by atoms with E-state index in [0.29, 0.717) is 11.7 Å². The molecule has 0 saturated carbocycles. The fourth-order valence-electron chi connectivity index (χ4n) is 1.47. The van der Waals surface area contributed by atoms with Crippen LogP contribution < -0.4 is 0 Å². The van der Waals surface area contributed by atoms with E-state index in [1.807, 2.05) is 0 Å². The van der Waals surface area contributed by atoms with E-state index in [1.54, 1.807) is 0 Å². The first-order valence-electron chi connectivity index (χ1n) is 4.43. The van der Waals surface area contributed by atoms with Crippen LogP contribution in [0, 0.1) is 0 Å². The Kier molecular flexibility index (Phi) is 2.38. The molecular formula is C11H6F3NO. The van der Waals surface area contributed by atoms with Crippen LogP contribution in [0.1, 0.15) is 15.9 Å². The summed E-state index contributed by atoms with van der Waals surface area (Å²) >= 11 is 0. The molecule has 16 heavy (non-hydrogen) atoms. The fourth-order valence-corrected chi connectivity index (χ4v) is 1.47. The molecule has 0 amide bonds. The van der Waals surface area contributed by atoms with E-state index < -0.39 is 11.7 Å². The van der Waals surface area contributed by atoms with Crippen molar-refractivity contribution in [2.24, 2.45) is 0 Å². The molecule has 0 spiro atoms. The third kappa shape index (κ3) is 1.76. The van der Waals surface area contributed by atoms with Crippen LogP contribution in [-0.2, 0) is 6.18 Å². The highest BCUT2D eigenvalue weighted by Crippen LogP contribution is 2.33. The summed E-state index contributed by atoms with van der Waals surface area (Å²) < 4.78 is 37.8. The smallest absolute Gasteiger partial charge is 0.298 e. The summed E-state index contributed by atoms with van der Waals surface area (Å²) in [7, 11) is 0. The third-order valence-electron chi connectivity index (χ3n) is 2.17. The molecule has 0 radical (unpaired) electrons. The number of benzene rings is 1. The van der Waals surface area contributed by atoms with E-state index in [4.69, 9.17) is 0 Å². The van der Waals surface area contributed by atoms with Gasteiger partial charge in [-0.15, -0.1) is 0 Å². The van der Waals surface area contributed by atoms with Gasteiger partial charge in [0.2, 0.25) is 0 Å². The SMILES string of the molecule is O=Cc1cnc2c(C(F)(F)F)cccc2c1. The minimum atomic E-state index is -4.44. The number of aromatic nitrogens is 1. The van der Waals surface area contributed by atoms with Crippen LogP contribution in [0.3, 0.4) is 0 Å². The van der Waals surface area contributed by atoms with E-state index in [2.05, 4.69) is 4.98 Å². The molecule has 2 rings (SSSR count). The van der Waals surface area contributed by atoms with Gasteiger partial charge in [-0.3, -0.25) is 9.78 Å². The highest BCUT2D eigenvalue weighted by atomic mass is 19.4. The quantitative estimate of drug-likeness (QED) is 0.698. The average molecular weight is 225 g/mol. The van der Waals surface area contributed by atoms with Crippen molar-refractivity contribution in [3.8, 4) is 0 Å². The van der Waals surface area contributed by atoms with E-state index >= 15 is 0 Å². The largest absolute Gasteiger partial charge is 0.418 e. The highest BCUT2D eigenvalue weighted by Gasteiger charge is 2.32. The van der Waals surface area contributed by atoms with Gasteiger partial charge < -0.3 is 0 Å². The Labute approximate surface area is 88.7 Å². The zero-order valence-electron chi connectivity index (χ0n) is 7.95. The Bertz CT molecular complexity index is 548. The molecule has 0 bridgehead atoms. The van der Waals surface area contributed by atoms with Gasteiger partial charge in [-0.1, -0.05) is 12.1 Å². The predicted molar refractivity (Wildman–Crippen MR) is 52.1 cm³/mol. The number of carbonyl (C=O) groups excluding carboxylic acids is 1. The van der Waals surface area contributed by atoms with Gasteiger partial charge in [0.25, 0.3) is 0 Å². The highest BCUT2D eigenvalue weighted by molar-refractivity contribution is 5.87. The second kappa shape index (κ2) is 3.59. The molecule has 0 atom stereocenters. The van der Waals surface area contributed by atoms with Crippen LogP contribution in [0.25, 0.3) is 10.9 Å². The fraction of sp³-hybridized carbons (Fsp3) is 0.0909. The second-order valence-electron chi connectivity index (χ2n) is 3.26. The van der Waals surface area contributed by atoms with Gasteiger partial charge in [0, 0.05) is 17.1 Å². The van der Waals surface area contributed by atoms with E-state index in [9.17, 15) is 18.0 Å². The number of para-hydroxylation sites is 1. The molecule has 2 aromatic rings. The van der Waals surface area contributed by atoms with Crippen molar-refractivity contribution in [1.82, 2.24) is 4.98 Å². The first-order valence-corrected chi connectivity index (χ1v) is 4.43. The van der Waals surface area contributed by atoms with Crippen molar-refractivity contribution in [3.63, 3.8) is 0 Å². The van der Waals surface area contributed by atoms with E-state index in [-0.39, 0.29) is 11.1 Å². The molecule has 82 valence electrons. The molecule has 0 aliphatic heterocycles. The number of halogens is 3. The van der Waals surface area contributed by atoms with Crippen LogP contribution in [0.5, 0.6) is 0 Å². The van der Waals surface area contributed by atoms with Crippen molar-refractivity contribution in [2.75, 3.05) is 0 Å². The van der Waals surface area contributed by atoms with Crippen molar-refractivity contribution in [2.45, 2.75) is 6.18 Å². The first kappa shape index (κ1) is 10.6. The van der Waals surface area contributed by atoms with Crippen LogP contribution in [0.2, 0.25) is 0 Å². The molecular weight excluding hydrogens is 219 g/mol. The maximum absolute atomic E-state index is 12.6. The zero-order valence-corrected chi connectivity index (χ0v) is 7.95. The molecule has 0 aliphatic rings. The number of alkyl halides is 3. The Morgan fingerprint density at radius 1 is 1.25 bits per heavy atom. The topological polar surface area (TPSA) is 30.0 Å². The number of nitrogens with zero attached hydrogens (tertiary/aromatic N) is 1. The molecule has 0 saturated heterocycles. The van der Waals surface area contributed by atoms with Crippen LogP contribution in [0.4, 0.5) is 13.2 Å². The molecule has 1 aromatic carbocycles. The monoisotopic (exact) mass is 225 g/mol. The number of carbonyl (C=O) groups is 1. The lowest BCUT2D eigenvalue weighted by atomic mass is 10.1. The first-order chi connectivity index (χ1) is 7.52. The number of fused-ring (bicyclic) bond motifs is 1. The normalized spacial score (nSPS) is 11.7. The lowest BCUT2D eigenvalue weighted by Crippen LogP contribution is -2.06. The van der Waals surface area contributed by atoms with E-state index in [1.165, 1.54) is 18.2 Å². The minimum absolute atomic E-state index is 0.138. The van der Waals surface area contributed by atoms with Gasteiger partial charge in [-0.25, -0.2) is 0 Å². The van der Waals surface area contributed by atoms with Crippen LogP contribution >= 0.6 is 0 Å². The molecule has 5 heteroatoms. The number of aldehydes is 1. The Balaban J connectivity index is 2.74. The second-order valence-corrected chi connectivity index (χ2v) is 3.26. The lowest BCUT2D eigenvalue weighted by Gasteiger charge is -2.09. The molecule has 0 aliphatic carbocycles. The summed E-state index contributed by atoms with van der Waals surface area (Å²) in [6.07, 6.45) is -2.76. The summed E-state index contributed by atoms with van der Waals surface area (Å²) in [6.45, 7) is 0. The molecule has 1 heterocycles. The lowest BCUT2D eigenvalue weighted by molar-refractivity contribution is -0.136. The van der Waals surface area contributed by atoms with Crippen molar-refractivity contribution < 1.29 is 18.0 Å². The molecule has 0 unspecified atom stereocenters. The average Bonchev–Trinajstić information content (AvgIpc) is 2.26. The van der Waals surface area contributed by atoms with Crippen molar-refractivity contribution in [1.29, 1.82) is 0 Å². The van der Waals surface area contributed by atoms with Gasteiger partial charge in [0.1, 0.15) is 0 Å². The maximum Gasteiger partial charge on any atom is 0.418 e. The molecule has 1 aromatic heterocycles. The Morgan fingerprint density at radius 2 is 2.00 bits per heavy atom. The maximum atomic E-state index is 12.6. The Morgan fingerprint density at radius 3 is 2.62 bits per heavy atom. The minimum Gasteiger partial charge on any atom is -0.298 e. The standard InChI is InChI=1S/C11H6F3NO/c12-11(13,14)9-3-1-2-8-4-7(6-16)5-15-10(8)9/h1-6H. The van der Waals surface area contributed by atoms with Gasteiger partial charge >= 0.3 is 6.18 Å². The molecule has 0 fully saturated rings. The number of hydrogen-bond acceptors (Lipinski definition) is 2. The number of hydrogen-bond donors (Lipinski definition) is 0. The van der Waals surface area contributed by atoms with Crippen molar-refractivity contribution in [3.05, 3.63) is 41.6 Å². The molecule has 2 nitrogen and oxygen atoms in total. The van der Waals surface area contributed by atoms with E-state index in [0.717, 1.165) is 12.3 Å². The zero-order chi connectivity index (χ0) is 11.8. The molecule has 0 N–H and O–H groups in total. The number of rotatable bonds is 1. The Hall–Kier alpha value is -1.91. The van der Waals surface area contributed by atoms with Gasteiger partial charge in [-0.05, 0) is 12.1 Å². The van der Waals surface area contributed by atoms with Gasteiger partial charge in [-0.2, -0.15) is 13.2 Å². The van der Waals surface area contributed by atoms with Crippen LogP contribution in [0.15, 0.2) is 30.5 Å². The van der Waals surface area contributed by atoms with Crippen molar-refractivity contribution >= 4 is 17.2 Å². The van der Waals surface area contributed by atoms with Crippen LogP contribution in [-0.4, -0.2) is 11.3 Å². The van der Waals surface area contributed by atoms with Gasteiger partial charge in [0.15, 0.2) is 6.29 Å². The predicted octanol–water partition coefficient (Wildman–Crippen LogP) is 3.07.